The third-order valence-corrected chi connectivity index (χ3v) is 2.61. The van der Waals surface area contributed by atoms with Crippen LogP contribution in [0.2, 0.25) is 0 Å². The highest BCUT2D eigenvalue weighted by atomic mass is 15.4. The van der Waals surface area contributed by atoms with Crippen molar-refractivity contribution in [3.8, 4) is 0 Å². The molecule has 1 fully saturated rings. The normalized spacial score (nSPS) is 15.2. The molecule has 0 bridgehead atoms. The van der Waals surface area contributed by atoms with Gasteiger partial charge in [0.2, 0.25) is 5.95 Å². The second-order valence-electron chi connectivity index (χ2n) is 4.46. The van der Waals surface area contributed by atoms with E-state index in [0.717, 1.165) is 11.8 Å². The first-order valence-corrected chi connectivity index (χ1v) is 5.36. The Balaban J connectivity index is 2.23. The highest BCUT2D eigenvalue weighted by molar-refractivity contribution is 5.47. The number of rotatable bonds is 3. The standard InChI is InChI=1S/C11H18N4/c1-8(2)7-10-12-11(13-15(10)4)14(3)9-5-6-9/h7,9H,5-6H2,1-4H3. The van der Waals surface area contributed by atoms with Gasteiger partial charge in [-0.25, -0.2) is 4.68 Å². The Kier molecular flexibility index (Phi) is 2.50. The summed E-state index contributed by atoms with van der Waals surface area (Å²) in [5, 5.41) is 4.41. The second kappa shape index (κ2) is 3.68. The smallest absolute Gasteiger partial charge is 0.245 e. The van der Waals surface area contributed by atoms with Gasteiger partial charge in [-0.05, 0) is 32.8 Å². The fraction of sp³-hybridized carbons (Fsp3) is 0.636. The Bertz CT molecular complexity index is 383. The van der Waals surface area contributed by atoms with E-state index in [-0.39, 0.29) is 0 Å². The lowest BCUT2D eigenvalue weighted by Crippen LogP contribution is -2.20. The summed E-state index contributed by atoms with van der Waals surface area (Å²) in [6.07, 6.45) is 4.59. The summed E-state index contributed by atoms with van der Waals surface area (Å²) in [6.45, 7) is 4.14. The van der Waals surface area contributed by atoms with Crippen LogP contribution in [0.4, 0.5) is 5.95 Å². The molecule has 1 heterocycles. The van der Waals surface area contributed by atoms with Gasteiger partial charge in [-0.3, -0.25) is 0 Å². The van der Waals surface area contributed by atoms with Gasteiger partial charge < -0.3 is 4.90 Å². The molecule has 1 aromatic rings. The van der Waals surface area contributed by atoms with E-state index in [2.05, 4.69) is 42.0 Å². The van der Waals surface area contributed by atoms with Crippen molar-refractivity contribution in [2.75, 3.05) is 11.9 Å². The van der Waals surface area contributed by atoms with Crippen LogP contribution in [0.1, 0.15) is 32.5 Å². The first kappa shape index (κ1) is 10.2. The molecule has 4 nitrogen and oxygen atoms in total. The molecule has 82 valence electrons. The molecule has 0 spiro atoms. The summed E-state index contributed by atoms with van der Waals surface area (Å²) in [5.74, 6) is 1.77. The van der Waals surface area contributed by atoms with Gasteiger partial charge >= 0.3 is 0 Å². The highest BCUT2D eigenvalue weighted by Crippen LogP contribution is 2.28. The van der Waals surface area contributed by atoms with E-state index < -0.39 is 0 Å². The quantitative estimate of drug-likeness (QED) is 0.756. The van der Waals surface area contributed by atoms with Crippen molar-refractivity contribution < 1.29 is 0 Å². The molecule has 0 atom stereocenters. The molecule has 15 heavy (non-hydrogen) atoms. The van der Waals surface area contributed by atoms with E-state index in [9.17, 15) is 0 Å². The zero-order valence-electron chi connectivity index (χ0n) is 9.86. The van der Waals surface area contributed by atoms with Crippen LogP contribution in [0.25, 0.3) is 6.08 Å². The molecule has 1 aliphatic rings. The molecule has 0 unspecified atom stereocenters. The molecule has 0 amide bonds. The fourth-order valence-corrected chi connectivity index (χ4v) is 1.54. The molecule has 4 heteroatoms. The number of hydrogen-bond acceptors (Lipinski definition) is 3. The van der Waals surface area contributed by atoms with Crippen molar-refractivity contribution in [3.63, 3.8) is 0 Å². The Morgan fingerprint density at radius 3 is 2.67 bits per heavy atom. The molecule has 1 aromatic heterocycles. The van der Waals surface area contributed by atoms with Crippen LogP contribution in [0.15, 0.2) is 5.57 Å². The van der Waals surface area contributed by atoms with Gasteiger partial charge in [0.1, 0.15) is 0 Å². The van der Waals surface area contributed by atoms with Crippen LogP contribution >= 0.6 is 0 Å². The first-order chi connectivity index (χ1) is 7.08. The fourth-order valence-electron chi connectivity index (χ4n) is 1.54. The molecule has 0 saturated heterocycles. The lowest BCUT2D eigenvalue weighted by molar-refractivity contribution is 0.744. The lowest BCUT2D eigenvalue weighted by Gasteiger charge is -2.12. The number of anilines is 1. The maximum absolute atomic E-state index is 4.51. The summed E-state index contributed by atoms with van der Waals surface area (Å²) in [7, 11) is 4.01. The number of hydrogen-bond donors (Lipinski definition) is 0. The summed E-state index contributed by atoms with van der Waals surface area (Å²) < 4.78 is 1.83. The van der Waals surface area contributed by atoms with Crippen LogP contribution in [-0.2, 0) is 7.05 Å². The maximum atomic E-state index is 4.51. The number of aryl methyl sites for hydroxylation is 1. The maximum Gasteiger partial charge on any atom is 0.245 e. The van der Waals surface area contributed by atoms with Crippen molar-refractivity contribution in [1.82, 2.24) is 14.8 Å². The van der Waals surface area contributed by atoms with Gasteiger partial charge in [0.05, 0.1) is 0 Å². The van der Waals surface area contributed by atoms with E-state index in [0.29, 0.717) is 6.04 Å². The number of aromatic nitrogens is 3. The number of allylic oxidation sites excluding steroid dienone is 1. The van der Waals surface area contributed by atoms with E-state index in [1.807, 2.05) is 11.7 Å². The molecular formula is C11H18N4. The van der Waals surface area contributed by atoms with Crippen LogP contribution in [0, 0.1) is 0 Å². The zero-order valence-corrected chi connectivity index (χ0v) is 9.86. The summed E-state index contributed by atoms with van der Waals surface area (Å²) in [5.41, 5.74) is 1.24. The molecule has 2 rings (SSSR count). The van der Waals surface area contributed by atoms with E-state index in [1.54, 1.807) is 0 Å². The van der Waals surface area contributed by atoms with E-state index in [4.69, 9.17) is 0 Å². The second-order valence-corrected chi connectivity index (χ2v) is 4.46. The average molecular weight is 206 g/mol. The third-order valence-electron chi connectivity index (χ3n) is 2.61. The van der Waals surface area contributed by atoms with Crippen LogP contribution in [0.3, 0.4) is 0 Å². The Hall–Kier alpha value is -1.32. The SMILES string of the molecule is CC(C)=Cc1nc(N(C)C2CC2)nn1C. The van der Waals surface area contributed by atoms with Crippen molar-refractivity contribution >= 4 is 12.0 Å². The summed E-state index contributed by atoms with van der Waals surface area (Å²) in [6, 6.07) is 0.659. The molecule has 0 aliphatic heterocycles. The van der Waals surface area contributed by atoms with Crippen LogP contribution in [-0.4, -0.2) is 27.9 Å². The van der Waals surface area contributed by atoms with Gasteiger partial charge in [-0.15, -0.1) is 5.10 Å². The predicted octanol–water partition coefficient (Wildman–Crippen LogP) is 1.84. The molecule has 1 saturated carbocycles. The van der Waals surface area contributed by atoms with E-state index in [1.165, 1.54) is 18.4 Å². The molecule has 0 N–H and O–H groups in total. The molecule has 0 aromatic carbocycles. The summed E-state index contributed by atoms with van der Waals surface area (Å²) in [4.78, 5) is 6.68. The highest BCUT2D eigenvalue weighted by Gasteiger charge is 2.28. The zero-order chi connectivity index (χ0) is 11.0. The van der Waals surface area contributed by atoms with Gasteiger partial charge in [0.15, 0.2) is 5.82 Å². The monoisotopic (exact) mass is 206 g/mol. The minimum atomic E-state index is 0.659. The molecular weight excluding hydrogens is 188 g/mol. The third kappa shape index (κ3) is 2.19. The van der Waals surface area contributed by atoms with Crippen LogP contribution < -0.4 is 4.90 Å². The largest absolute Gasteiger partial charge is 0.340 e. The minimum absolute atomic E-state index is 0.659. The van der Waals surface area contributed by atoms with Crippen LogP contribution in [0.5, 0.6) is 0 Å². The van der Waals surface area contributed by atoms with Gasteiger partial charge in [0.25, 0.3) is 0 Å². The van der Waals surface area contributed by atoms with E-state index >= 15 is 0 Å². The molecule has 1 aliphatic carbocycles. The van der Waals surface area contributed by atoms with Crippen molar-refractivity contribution in [2.24, 2.45) is 7.05 Å². The van der Waals surface area contributed by atoms with Gasteiger partial charge in [-0.2, -0.15) is 4.98 Å². The lowest BCUT2D eigenvalue weighted by atomic mass is 10.3. The first-order valence-electron chi connectivity index (χ1n) is 5.36. The van der Waals surface area contributed by atoms with Gasteiger partial charge in [0, 0.05) is 20.1 Å². The molecule has 0 radical (unpaired) electrons. The topological polar surface area (TPSA) is 34.0 Å². The average Bonchev–Trinajstić information content (AvgIpc) is 2.92. The van der Waals surface area contributed by atoms with Crippen molar-refractivity contribution in [1.29, 1.82) is 0 Å². The Morgan fingerprint density at radius 2 is 2.13 bits per heavy atom. The Labute approximate surface area is 90.6 Å². The van der Waals surface area contributed by atoms with Crippen molar-refractivity contribution in [2.45, 2.75) is 32.7 Å². The predicted molar refractivity (Wildman–Crippen MR) is 61.8 cm³/mol. The van der Waals surface area contributed by atoms with Crippen molar-refractivity contribution in [3.05, 3.63) is 11.4 Å². The summed E-state index contributed by atoms with van der Waals surface area (Å²) >= 11 is 0. The minimum Gasteiger partial charge on any atom is -0.340 e. The number of nitrogens with zero attached hydrogens (tertiary/aromatic N) is 4. The van der Waals surface area contributed by atoms with Gasteiger partial charge in [-0.1, -0.05) is 5.57 Å². The Morgan fingerprint density at radius 1 is 1.47 bits per heavy atom.